The Bertz CT molecular complexity index is 765. The molecule has 2 aromatic rings. The van der Waals surface area contributed by atoms with Crippen LogP contribution in [0.4, 0.5) is 5.69 Å². The van der Waals surface area contributed by atoms with E-state index in [2.05, 4.69) is 10.6 Å². The van der Waals surface area contributed by atoms with Gasteiger partial charge in [0.1, 0.15) is 11.8 Å². The molecule has 0 aromatic heterocycles. The number of anilines is 1. The number of carbonyl (C=O) groups excluding carboxylic acids is 2. The van der Waals surface area contributed by atoms with E-state index in [0.29, 0.717) is 22.0 Å². The van der Waals surface area contributed by atoms with Crippen LogP contribution in [-0.2, 0) is 4.79 Å². The van der Waals surface area contributed by atoms with Gasteiger partial charge >= 0.3 is 0 Å². The molecule has 6 heteroatoms. The predicted molar refractivity (Wildman–Crippen MR) is 104 cm³/mol. The monoisotopic (exact) mass is 374 g/mol. The number of benzene rings is 2. The van der Waals surface area contributed by atoms with E-state index >= 15 is 0 Å². The molecule has 0 fully saturated rings. The molecule has 0 spiro atoms. The molecule has 26 heavy (non-hydrogen) atoms. The smallest absolute Gasteiger partial charge is 0.251 e. The van der Waals surface area contributed by atoms with Crippen molar-refractivity contribution in [2.24, 2.45) is 5.92 Å². The minimum Gasteiger partial charge on any atom is -0.495 e. The highest BCUT2D eigenvalue weighted by molar-refractivity contribution is 6.32. The highest BCUT2D eigenvalue weighted by Gasteiger charge is 2.26. The summed E-state index contributed by atoms with van der Waals surface area (Å²) in [6, 6.07) is 13.2. The summed E-state index contributed by atoms with van der Waals surface area (Å²) in [5, 5.41) is 6.05. The molecule has 0 aliphatic heterocycles. The van der Waals surface area contributed by atoms with Gasteiger partial charge in [0.15, 0.2) is 0 Å². The molecule has 138 valence electrons. The fourth-order valence-corrected chi connectivity index (χ4v) is 2.74. The number of nitrogens with one attached hydrogen (secondary N) is 2. The third kappa shape index (κ3) is 4.99. The van der Waals surface area contributed by atoms with Gasteiger partial charge in [-0.15, -0.1) is 0 Å². The van der Waals surface area contributed by atoms with Crippen molar-refractivity contribution in [2.45, 2.75) is 26.3 Å². The largest absolute Gasteiger partial charge is 0.495 e. The van der Waals surface area contributed by atoms with E-state index in [9.17, 15) is 9.59 Å². The Balaban J connectivity index is 2.14. The number of ether oxygens (including phenoxy) is 1. The van der Waals surface area contributed by atoms with Crippen molar-refractivity contribution in [3.63, 3.8) is 0 Å². The van der Waals surface area contributed by atoms with Crippen LogP contribution >= 0.6 is 11.6 Å². The number of hydrogen-bond acceptors (Lipinski definition) is 3. The number of halogens is 1. The zero-order chi connectivity index (χ0) is 19.1. The average Bonchev–Trinajstić information content (AvgIpc) is 2.66. The molecule has 0 saturated heterocycles. The van der Waals surface area contributed by atoms with E-state index in [1.807, 2.05) is 19.9 Å². The third-order valence-electron chi connectivity index (χ3n) is 4.24. The Kier molecular flexibility index (Phi) is 7.04. The van der Waals surface area contributed by atoms with Gasteiger partial charge in [0, 0.05) is 11.3 Å². The van der Waals surface area contributed by atoms with Crippen molar-refractivity contribution < 1.29 is 14.3 Å². The van der Waals surface area contributed by atoms with Crippen LogP contribution in [0.5, 0.6) is 5.75 Å². The molecule has 2 amide bonds. The van der Waals surface area contributed by atoms with Gasteiger partial charge in [-0.05, 0) is 36.2 Å². The molecule has 0 saturated carbocycles. The Morgan fingerprint density at radius 3 is 2.42 bits per heavy atom. The van der Waals surface area contributed by atoms with E-state index in [0.717, 1.165) is 6.42 Å². The summed E-state index contributed by atoms with van der Waals surface area (Å²) < 4.78 is 5.11. The first-order valence-corrected chi connectivity index (χ1v) is 8.84. The molecular formula is C20H23ClN2O3. The van der Waals surface area contributed by atoms with Gasteiger partial charge in [-0.2, -0.15) is 0 Å². The van der Waals surface area contributed by atoms with Gasteiger partial charge in [-0.3, -0.25) is 9.59 Å². The second-order valence-corrected chi connectivity index (χ2v) is 6.45. The maximum Gasteiger partial charge on any atom is 0.251 e. The van der Waals surface area contributed by atoms with Crippen molar-refractivity contribution in [2.75, 3.05) is 12.4 Å². The number of methoxy groups -OCH3 is 1. The van der Waals surface area contributed by atoms with Gasteiger partial charge in [0.05, 0.1) is 12.1 Å². The van der Waals surface area contributed by atoms with Gasteiger partial charge in [-0.1, -0.05) is 50.1 Å². The van der Waals surface area contributed by atoms with Crippen LogP contribution in [0.25, 0.3) is 0 Å². The minimum atomic E-state index is -0.659. The molecule has 2 N–H and O–H groups in total. The molecule has 5 nitrogen and oxygen atoms in total. The first kappa shape index (κ1) is 19.8. The highest BCUT2D eigenvalue weighted by Crippen LogP contribution is 2.27. The molecule has 2 unspecified atom stereocenters. The molecule has 0 heterocycles. The van der Waals surface area contributed by atoms with Crippen LogP contribution in [-0.4, -0.2) is 25.0 Å². The quantitative estimate of drug-likeness (QED) is 0.765. The lowest BCUT2D eigenvalue weighted by Crippen LogP contribution is -2.47. The number of amides is 2. The Morgan fingerprint density at radius 1 is 1.15 bits per heavy atom. The van der Waals surface area contributed by atoms with E-state index in [1.165, 1.54) is 7.11 Å². The molecule has 2 aromatic carbocycles. The first-order valence-electron chi connectivity index (χ1n) is 8.46. The van der Waals surface area contributed by atoms with E-state index in [-0.39, 0.29) is 17.7 Å². The zero-order valence-electron chi connectivity index (χ0n) is 15.1. The summed E-state index contributed by atoms with van der Waals surface area (Å²) in [6.07, 6.45) is 0.747. The van der Waals surface area contributed by atoms with Gasteiger partial charge < -0.3 is 15.4 Å². The van der Waals surface area contributed by atoms with Crippen molar-refractivity contribution in [1.29, 1.82) is 0 Å². The van der Waals surface area contributed by atoms with Crippen molar-refractivity contribution in [1.82, 2.24) is 5.32 Å². The zero-order valence-corrected chi connectivity index (χ0v) is 15.8. The highest BCUT2D eigenvalue weighted by atomic mass is 35.5. The molecule has 0 aliphatic carbocycles. The molecule has 0 aliphatic rings. The fraction of sp³-hybridized carbons (Fsp3) is 0.300. The van der Waals surface area contributed by atoms with Crippen molar-refractivity contribution >= 4 is 29.1 Å². The molecular weight excluding hydrogens is 352 g/mol. The maximum atomic E-state index is 12.7. The van der Waals surface area contributed by atoms with Crippen LogP contribution in [0, 0.1) is 5.92 Å². The fourth-order valence-electron chi connectivity index (χ4n) is 2.48. The first-order chi connectivity index (χ1) is 12.5. The van der Waals surface area contributed by atoms with Gasteiger partial charge in [0.2, 0.25) is 5.91 Å². The summed E-state index contributed by atoms with van der Waals surface area (Å²) in [6.45, 7) is 3.90. The Labute approximate surface area is 158 Å². The van der Waals surface area contributed by atoms with Crippen molar-refractivity contribution in [3.05, 3.63) is 59.1 Å². The summed E-state index contributed by atoms with van der Waals surface area (Å²) in [5.41, 5.74) is 1.06. The second kappa shape index (κ2) is 9.25. The second-order valence-electron chi connectivity index (χ2n) is 6.04. The summed E-state index contributed by atoms with van der Waals surface area (Å²) in [7, 11) is 1.53. The van der Waals surface area contributed by atoms with E-state index in [4.69, 9.17) is 16.3 Å². The molecule has 0 bridgehead atoms. The van der Waals surface area contributed by atoms with Crippen LogP contribution in [0.15, 0.2) is 48.5 Å². The number of rotatable bonds is 7. The topological polar surface area (TPSA) is 67.4 Å². The SMILES string of the molecule is CCC(C)C(NC(=O)c1ccccc1)C(=O)Nc1ccc(OC)c(Cl)c1. The number of hydrogen-bond donors (Lipinski definition) is 2. The standard InChI is InChI=1S/C20H23ClN2O3/c1-4-13(2)18(23-19(24)14-8-6-5-7-9-14)20(25)22-15-10-11-17(26-3)16(21)12-15/h5-13,18H,4H2,1-3H3,(H,22,25)(H,23,24). The van der Waals surface area contributed by atoms with E-state index in [1.54, 1.807) is 42.5 Å². The summed E-state index contributed by atoms with van der Waals surface area (Å²) in [5.74, 6) is -0.0689. The Hall–Kier alpha value is -2.53. The lowest BCUT2D eigenvalue weighted by molar-refractivity contribution is -0.119. The molecule has 2 rings (SSSR count). The third-order valence-corrected chi connectivity index (χ3v) is 4.53. The minimum absolute atomic E-state index is 0.0311. The summed E-state index contributed by atoms with van der Waals surface area (Å²) >= 11 is 6.10. The maximum absolute atomic E-state index is 12.7. The van der Waals surface area contributed by atoms with Crippen LogP contribution in [0.1, 0.15) is 30.6 Å². The van der Waals surface area contributed by atoms with Crippen molar-refractivity contribution in [3.8, 4) is 5.75 Å². The average molecular weight is 375 g/mol. The summed E-state index contributed by atoms with van der Waals surface area (Å²) in [4.78, 5) is 25.2. The van der Waals surface area contributed by atoms with E-state index < -0.39 is 6.04 Å². The number of carbonyl (C=O) groups is 2. The van der Waals surface area contributed by atoms with Crippen LogP contribution in [0.3, 0.4) is 0 Å². The van der Waals surface area contributed by atoms with Crippen LogP contribution < -0.4 is 15.4 Å². The molecule has 0 radical (unpaired) electrons. The van der Waals surface area contributed by atoms with Crippen LogP contribution in [0.2, 0.25) is 5.02 Å². The Morgan fingerprint density at radius 2 is 1.85 bits per heavy atom. The normalized spacial score (nSPS) is 12.8. The predicted octanol–water partition coefficient (Wildman–Crippen LogP) is 4.13. The van der Waals surface area contributed by atoms with Gasteiger partial charge in [0.25, 0.3) is 5.91 Å². The lowest BCUT2D eigenvalue weighted by Gasteiger charge is -2.23. The van der Waals surface area contributed by atoms with Gasteiger partial charge in [-0.25, -0.2) is 0 Å². The lowest BCUT2D eigenvalue weighted by atomic mass is 9.97. The molecule has 2 atom stereocenters.